The molecule has 0 heterocycles. The van der Waals surface area contributed by atoms with Gasteiger partial charge in [-0.3, -0.25) is 0 Å². The summed E-state index contributed by atoms with van der Waals surface area (Å²) in [5.41, 5.74) is 12.3. The first-order valence-electron chi connectivity index (χ1n) is 15.6. The van der Waals surface area contributed by atoms with Gasteiger partial charge in [0, 0.05) is 11.1 Å². The quantitative estimate of drug-likeness (QED) is 0.232. The molecule has 0 atom stereocenters. The first-order valence-corrected chi connectivity index (χ1v) is 15.6. The summed E-state index contributed by atoms with van der Waals surface area (Å²) in [6, 6.07) is 25.1. The third-order valence-corrected chi connectivity index (χ3v) is 9.11. The van der Waals surface area contributed by atoms with E-state index < -0.39 is 5.92 Å². The number of alkyl halides is 2. The summed E-state index contributed by atoms with van der Waals surface area (Å²) in [7, 11) is 0. The minimum Gasteiger partial charge on any atom is -0.196 e. The second kappa shape index (κ2) is 11.1. The van der Waals surface area contributed by atoms with Crippen LogP contribution in [0, 0.1) is 0 Å². The summed E-state index contributed by atoms with van der Waals surface area (Å²) < 4.78 is 29.9. The normalized spacial score (nSPS) is 14.7. The molecule has 220 valence electrons. The summed E-state index contributed by atoms with van der Waals surface area (Å²) in [6.07, 6.45) is 2.37. The lowest BCUT2D eigenvalue weighted by Gasteiger charge is -2.22. The number of hydrogen-bond acceptors (Lipinski definition) is 0. The molecular weight excluding hydrogens is 518 g/mol. The Morgan fingerprint density at radius 1 is 0.524 bits per heavy atom. The molecule has 0 radical (unpaired) electrons. The molecule has 0 aromatic heterocycles. The predicted octanol–water partition coefficient (Wildman–Crippen LogP) is 11.9. The van der Waals surface area contributed by atoms with Crippen LogP contribution in [0.2, 0.25) is 0 Å². The molecule has 2 heteroatoms. The zero-order chi connectivity index (χ0) is 30.6. The van der Waals surface area contributed by atoms with Gasteiger partial charge in [0.1, 0.15) is 0 Å². The van der Waals surface area contributed by atoms with E-state index in [1.165, 1.54) is 46.2 Å². The SMILES string of the molecule is CC(C)c1ccc2c(c1)C(F)(F)c1cc(C(C)(C)C)ccc1-2.CC(C)c1ccc2c(c1)CCc1cc(C(C)C)ccc1-2. The van der Waals surface area contributed by atoms with Gasteiger partial charge in [0.15, 0.2) is 0 Å². The van der Waals surface area contributed by atoms with Crippen molar-refractivity contribution in [2.45, 2.75) is 104 Å². The molecule has 0 saturated carbocycles. The van der Waals surface area contributed by atoms with Crippen molar-refractivity contribution < 1.29 is 8.78 Å². The van der Waals surface area contributed by atoms with E-state index in [9.17, 15) is 8.78 Å². The van der Waals surface area contributed by atoms with Gasteiger partial charge in [-0.2, -0.15) is 8.78 Å². The van der Waals surface area contributed by atoms with E-state index in [0.29, 0.717) is 23.0 Å². The Labute approximate surface area is 252 Å². The van der Waals surface area contributed by atoms with Crippen LogP contribution in [0.5, 0.6) is 0 Å². The molecule has 0 amide bonds. The molecule has 0 unspecified atom stereocenters. The molecule has 42 heavy (non-hydrogen) atoms. The highest BCUT2D eigenvalue weighted by Gasteiger charge is 2.45. The van der Waals surface area contributed by atoms with Crippen molar-refractivity contribution in [3.8, 4) is 22.3 Å². The molecule has 0 N–H and O–H groups in total. The van der Waals surface area contributed by atoms with Crippen molar-refractivity contribution in [1.29, 1.82) is 0 Å². The topological polar surface area (TPSA) is 0 Å². The Morgan fingerprint density at radius 3 is 1.33 bits per heavy atom. The molecule has 6 rings (SSSR count). The van der Waals surface area contributed by atoms with Crippen LogP contribution in [0.3, 0.4) is 0 Å². The van der Waals surface area contributed by atoms with Crippen LogP contribution in [-0.2, 0) is 24.2 Å². The number of hydrogen-bond donors (Lipinski definition) is 0. The van der Waals surface area contributed by atoms with Crippen molar-refractivity contribution in [3.63, 3.8) is 0 Å². The van der Waals surface area contributed by atoms with Gasteiger partial charge in [0.05, 0.1) is 0 Å². The molecule has 0 nitrogen and oxygen atoms in total. The summed E-state index contributed by atoms with van der Waals surface area (Å²) in [5.74, 6) is -1.43. The second-order valence-corrected chi connectivity index (χ2v) is 14.2. The molecule has 2 aliphatic rings. The maximum Gasteiger partial charge on any atom is 0.299 e. The van der Waals surface area contributed by atoms with E-state index in [2.05, 4.69) is 64.1 Å². The number of rotatable bonds is 3. The van der Waals surface area contributed by atoms with E-state index in [4.69, 9.17) is 0 Å². The highest BCUT2D eigenvalue weighted by Crippen LogP contribution is 2.52. The summed E-state index contributed by atoms with van der Waals surface area (Å²) in [6.45, 7) is 19.3. The Morgan fingerprint density at radius 2 is 0.905 bits per heavy atom. The molecule has 0 fully saturated rings. The van der Waals surface area contributed by atoms with E-state index in [0.717, 1.165) is 11.1 Å². The van der Waals surface area contributed by atoms with E-state index in [-0.39, 0.29) is 22.5 Å². The molecule has 0 spiro atoms. The largest absolute Gasteiger partial charge is 0.299 e. The average molecular weight is 565 g/mol. The first-order chi connectivity index (χ1) is 19.7. The molecule has 0 bridgehead atoms. The first kappa shape index (κ1) is 30.2. The third kappa shape index (κ3) is 5.58. The Bertz CT molecular complexity index is 1550. The fraction of sp³-hybridized carbons (Fsp3) is 0.400. The smallest absolute Gasteiger partial charge is 0.196 e. The molecule has 4 aromatic carbocycles. The molecule has 2 aliphatic carbocycles. The lowest BCUT2D eigenvalue weighted by molar-refractivity contribution is 0.0478. The van der Waals surface area contributed by atoms with Gasteiger partial charge in [-0.15, -0.1) is 0 Å². The van der Waals surface area contributed by atoms with Crippen molar-refractivity contribution in [1.82, 2.24) is 0 Å². The number of aryl methyl sites for hydroxylation is 2. The molecule has 4 aromatic rings. The van der Waals surface area contributed by atoms with Gasteiger partial charge in [-0.1, -0.05) is 123 Å². The molecule has 0 aliphatic heterocycles. The molecular formula is C40H46F2. The minimum atomic E-state index is -2.91. The van der Waals surface area contributed by atoms with Gasteiger partial charge in [-0.25, -0.2) is 0 Å². The van der Waals surface area contributed by atoms with Crippen LogP contribution in [0.15, 0.2) is 72.8 Å². The fourth-order valence-electron chi connectivity index (χ4n) is 6.22. The third-order valence-electron chi connectivity index (χ3n) is 9.11. The summed E-state index contributed by atoms with van der Waals surface area (Å²) >= 11 is 0. The van der Waals surface area contributed by atoms with E-state index >= 15 is 0 Å². The van der Waals surface area contributed by atoms with Crippen LogP contribution in [0.1, 0.15) is 125 Å². The van der Waals surface area contributed by atoms with Gasteiger partial charge in [0.2, 0.25) is 0 Å². The molecule has 0 saturated heterocycles. The van der Waals surface area contributed by atoms with Crippen LogP contribution < -0.4 is 0 Å². The van der Waals surface area contributed by atoms with Crippen LogP contribution in [-0.4, -0.2) is 0 Å². The van der Waals surface area contributed by atoms with Crippen LogP contribution in [0.4, 0.5) is 8.78 Å². The van der Waals surface area contributed by atoms with Crippen molar-refractivity contribution >= 4 is 0 Å². The highest BCUT2D eigenvalue weighted by molar-refractivity contribution is 5.80. The number of benzene rings is 4. The Hall–Kier alpha value is -3.26. The number of halogens is 2. The van der Waals surface area contributed by atoms with Gasteiger partial charge in [0.25, 0.3) is 5.92 Å². The number of fused-ring (bicyclic) bond motifs is 6. The maximum absolute atomic E-state index is 14.9. The van der Waals surface area contributed by atoms with Crippen molar-refractivity contribution in [2.75, 3.05) is 0 Å². The van der Waals surface area contributed by atoms with Crippen molar-refractivity contribution in [2.24, 2.45) is 0 Å². The standard InChI is InChI=1S/C20H22F2.C20H24/c1-12(2)13-6-8-15-16-9-7-14(19(3,4)5)11-18(16)20(21,22)17(15)10-13;1-13(2)15-7-9-19-17(11-15)5-6-18-12-16(14(3)4)8-10-20(18)19/h6-12H,1-5H3;7-14H,5-6H2,1-4H3. The highest BCUT2D eigenvalue weighted by atomic mass is 19.3. The summed E-state index contributed by atoms with van der Waals surface area (Å²) in [4.78, 5) is 0. The Kier molecular flexibility index (Phi) is 7.98. The van der Waals surface area contributed by atoms with Crippen LogP contribution >= 0.6 is 0 Å². The zero-order valence-electron chi connectivity index (χ0n) is 26.8. The lowest BCUT2D eigenvalue weighted by atomic mass is 9.82. The predicted molar refractivity (Wildman–Crippen MR) is 175 cm³/mol. The van der Waals surface area contributed by atoms with Crippen LogP contribution in [0.25, 0.3) is 22.3 Å². The van der Waals surface area contributed by atoms with E-state index in [1.807, 2.05) is 58.9 Å². The second-order valence-electron chi connectivity index (χ2n) is 14.2. The average Bonchev–Trinajstić information content (AvgIpc) is 3.17. The van der Waals surface area contributed by atoms with Gasteiger partial charge in [-0.05, 0) is 104 Å². The summed E-state index contributed by atoms with van der Waals surface area (Å²) in [5, 5.41) is 0. The lowest BCUT2D eigenvalue weighted by Crippen LogP contribution is -2.15. The fourth-order valence-corrected chi connectivity index (χ4v) is 6.22. The van der Waals surface area contributed by atoms with E-state index in [1.54, 1.807) is 12.1 Å². The maximum atomic E-state index is 14.9. The monoisotopic (exact) mass is 564 g/mol. The Balaban J connectivity index is 0.000000169. The van der Waals surface area contributed by atoms with Gasteiger partial charge < -0.3 is 0 Å². The minimum absolute atomic E-state index is 0.136. The van der Waals surface area contributed by atoms with Gasteiger partial charge >= 0.3 is 0 Å². The zero-order valence-corrected chi connectivity index (χ0v) is 26.8. The van der Waals surface area contributed by atoms with Crippen molar-refractivity contribution in [3.05, 3.63) is 117 Å².